The van der Waals surface area contributed by atoms with Crippen LogP contribution >= 0.6 is 0 Å². The first-order chi connectivity index (χ1) is 11.8. The predicted octanol–water partition coefficient (Wildman–Crippen LogP) is 7.03. The maximum absolute atomic E-state index is 5.91. The van der Waals surface area contributed by atoms with Crippen LogP contribution in [0.2, 0.25) is 0 Å². The Balaban J connectivity index is 2.31. The summed E-state index contributed by atoms with van der Waals surface area (Å²) in [4.78, 5) is 0. The fraction of sp³-hybridized carbons (Fsp3) is 0.636. The molecule has 2 nitrogen and oxygen atoms in total. The molecule has 0 amide bonds. The van der Waals surface area contributed by atoms with Crippen LogP contribution in [0.1, 0.15) is 83.6 Å². The van der Waals surface area contributed by atoms with Gasteiger partial charge in [-0.15, -0.1) is 0 Å². The van der Waals surface area contributed by atoms with Crippen LogP contribution in [0, 0.1) is 0 Å². The van der Waals surface area contributed by atoms with Crippen LogP contribution in [0.15, 0.2) is 24.8 Å². The number of ether oxygens (including phenoxy) is 2. The third-order valence-corrected chi connectivity index (χ3v) is 4.22. The quantitative estimate of drug-likeness (QED) is 0.321. The molecule has 0 N–H and O–H groups in total. The van der Waals surface area contributed by atoms with Gasteiger partial charge in [0.05, 0.1) is 13.2 Å². The fourth-order valence-electron chi connectivity index (χ4n) is 2.69. The summed E-state index contributed by atoms with van der Waals surface area (Å²) in [7, 11) is 0. The van der Waals surface area contributed by atoms with Gasteiger partial charge >= 0.3 is 0 Å². The van der Waals surface area contributed by atoms with Gasteiger partial charge in [-0.2, -0.15) is 0 Å². The summed E-state index contributed by atoms with van der Waals surface area (Å²) in [6.07, 6.45) is 14.4. The molecule has 24 heavy (non-hydrogen) atoms. The lowest BCUT2D eigenvalue weighted by atomic mass is 10.1. The second-order valence-corrected chi connectivity index (χ2v) is 6.43. The number of unbranched alkanes of at least 4 members (excludes halogenated alkanes) is 8. The first-order valence-electron chi connectivity index (χ1n) is 9.83. The van der Waals surface area contributed by atoms with E-state index in [9.17, 15) is 0 Å². The van der Waals surface area contributed by atoms with E-state index in [1.165, 1.54) is 51.4 Å². The van der Waals surface area contributed by atoms with E-state index in [2.05, 4.69) is 20.4 Å². The number of rotatable bonds is 15. The van der Waals surface area contributed by atoms with Crippen LogP contribution < -0.4 is 9.47 Å². The topological polar surface area (TPSA) is 18.5 Å². The Kier molecular flexibility index (Phi) is 12.0. The molecule has 1 rings (SSSR count). The summed E-state index contributed by atoms with van der Waals surface area (Å²) in [6.45, 7) is 9.94. The van der Waals surface area contributed by atoms with Gasteiger partial charge in [0.15, 0.2) is 0 Å². The van der Waals surface area contributed by atoms with Gasteiger partial charge < -0.3 is 9.47 Å². The van der Waals surface area contributed by atoms with Gasteiger partial charge in [0.25, 0.3) is 0 Å². The molecule has 0 bridgehead atoms. The van der Waals surface area contributed by atoms with E-state index < -0.39 is 0 Å². The molecule has 0 aliphatic rings. The Morgan fingerprint density at radius 3 is 1.96 bits per heavy atom. The second kappa shape index (κ2) is 13.9. The Morgan fingerprint density at radius 2 is 1.38 bits per heavy atom. The largest absolute Gasteiger partial charge is 0.494 e. The molecule has 0 heterocycles. The van der Waals surface area contributed by atoms with Gasteiger partial charge in [-0.25, -0.2) is 0 Å². The third kappa shape index (κ3) is 9.00. The highest BCUT2D eigenvalue weighted by Crippen LogP contribution is 2.26. The second-order valence-electron chi connectivity index (χ2n) is 6.43. The number of benzene rings is 1. The van der Waals surface area contributed by atoms with Crippen molar-refractivity contribution in [3.63, 3.8) is 0 Å². The highest BCUT2D eigenvalue weighted by molar-refractivity contribution is 5.58. The zero-order valence-corrected chi connectivity index (χ0v) is 15.8. The lowest BCUT2D eigenvalue weighted by molar-refractivity contribution is 0.296. The van der Waals surface area contributed by atoms with E-state index >= 15 is 0 Å². The number of hydrogen-bond donors (Lipinski definition) is 0. The van der Waals surface area contributed by atoms with Gasteiger partial charge in [0.2, 0.25) is 0 Å². The van der Waals surface area contributed by atoms with Crippen LogP contribution in [0.5, 0.6) is 11.5 Å². The van der Waals surface area contributed by atoms with Crippen molar-refractivity contribution in [3.05, 3.63) is 30.3 Å². The Hall–Kier alpha value is -1.44. The molecule has 0 atom stereocenters. The first-order valence-corrected chi connectivity index (χ1v) is 9.83. The summed E-state index contributed by atoms with van der Waals surface area (Å²) in [5.74, 6) is 1.83. The van der Waals surface area contributed by atoms with Gasteiger partial charge in [0, 0.05) is 5.56 Å². The normalized spacial score (nSPS) is 10.6. The van der Waals surface area contributed by atoms with Crippen LogP contribution in [-0.4, -0.2) is 13.2 Å². The molecule has 2 heteroatoms. The molecule has 0 saturated heterocycles. The summed E-state index contributed by atoms with van der Waals surface area (Å²) < 4.78 is 11.8. The number of hydrogen-bond acceptors (Lipinski definition) is 2. The van der Waals surface area contributed by atoms with E-state index in [1.54, 1.807) is 0 Å². The van der Waals surface area contributed by atoms with Crippen molar-refractivity contribution in [1.82, 2.24) is 0 Å². The summed E-state index contributed by atoms with van der Waals surface area (Å²) in [5, 5.41) is 0. The lowest BCUT2D eigenvalue weighted by Crippen LogP contribution is -2.01. The van der Waals surface area contributed by atoms with Crippen molar-refractivity contribution in [2.45, 2.75) is 78.1 Å². The molecule has 0 aliphatic heterocycles. The molecular weight excluding hydrogens is 296 g/mol. The van der Waals surface area contributed by atoms with Crippen molar-refractivity contribution in [2.24, 2.45) is 0 Å². The molecule has 0 spiro atoms. The Labute approximate surface area is 149 Å². The zero-order valence-electron chi connectivity index (χ0n) is 15.8. The van der Waals surface area contributed by atoms with Crippen LogP contribution in [0.4, 0.5) is 0 Å². The minimum atomic E-state index is 0.780. The minimum absolute atomic E-state index is 0.780. The Morgan fingerprint density at radius 1 is 0.792 bits per heavy atom. The van der Waals surface area contributed by atoms with E-state index in [0.717, 1.165) is 43.1 Å². The smallest absolute Gasteiger partial charge is 0.126 e. The average molecular weight is 333 g/mol. The highest BCUT2D eigenvalue weighted by atomic mass is 16.5. The van der Waals surface area contributed by atoms with Gasteiger partial charge in [0.1, 0.15) is 11.5 Å². The highest BCUT2D eigenvalue weighted by Gasteiger charge is 2.04. The summed E-state index contributed by atoms with van der Waals surface area (Å²) in [5.41, 5.74) is 1.02. The van der Waals surface area contributed by atoms with Crippen LogP contribution in [-0.2, 0) is 0 Å². The lowest BCUT2D eigenvalue weighted by Gasteiger charge is -2.12. The van der Waals surface area contributed by atoms with Gasteiger partial charge in [-0.05, 0) is 31.0 Å². The van der Waals surface area contributed by atoms with Crippen molar-refractivity contribution < 1.29 is 9.47 Å². The van der Waals surface area contributed by atoms with Crippen LogP contribution in [0.25, 0.3) is 6.08 Å². The molecule has 0 unspecified atom stereocenters. The monoisotopic (exact) mass is 332 g/mol. The van der Waals surface area contributed by atoms with Crippen LogP contribution in [0.3, 0.4) is 0 Å². The maximum atomic E-state index is 5.91. The Bertz CT molecular complexity index is 440. The molecule has 1 aromatic rings. The molecule has 0 aliphatic carbocycles. The van der Waals surface area contributed by atoms with Crippen molar-refractivity contribution in [3.8, 4) is 11.5 Å². The molecule has 136 valence electrons. The van der Waals surface area contributed by atoms with Crippen molar-refractivity contribution in [1.29, 1.82) is 0 Å². The fourth-order valence-corrected chi connectivity index (χ4v) is 2.69. The SMILES string of the molecule is C=Cc1cc(OCCCCCCC)ccc1OCCCCCCC. The molecule has 1 aromatic carbocycles. The maximum Gasteiger partial charge on any atom is 0.126 e. The van der Waals surface area contributed by atoms with E-state index in [0.29, 0.717) is 0 Å². The first kappa shape index (κ1) is 20.6. The van der Waals surface area contributed by atoms with Crippen molar-refractivity contribution >= 4 is 6.08 Å². The van der Waals surface area contributed by atoms with E-state index in [4.69, 9.17) is 9.47 Å². The molecular formula is C22H36O2. The van der Waals surface area contributed by atoms with Gasteiger partial charge in [-0.1, -0.05) is 77.9 Å². The molecule has 0 saturated carbocycles. The standard InChI is InChI=1S/C22H36O2/c1-4-7-9-11-13-17-23-21-15-16-22(20(6-3)19-21)24-18-14-12-10-8-5-2/h6,15-16,19H,3-5,7-14,17-18H2,1-2H3. The third-order valence-electron chi connectivity index (χ3n) is 4.22. The average Bonchev–Trinajstić information content (AvgIpc) is 2.61. The summed E-state index contributed by atoms with van der Waals surface area (Å²) >= 11 is 0. The molecule has 0 fully saturated rings. The minimum Gasteiger partial charge on any atom is -0.494 e. The van der Waals surface area contributed by atoms with Gasteiger partial charge in [-0.3, -0.25) is 0 Å². The summed E-state index contributed by atoms with van der Waals surface area (Å²) in [6, 6.07) is 6.05. The van der Waals surface area contributed by atoms with E-state index in [-0.39, 0.29) is 0 Å². The molecule has 0 radical (unpaired) electrons. The molecule has 0 aromatic heterocycles. The zero-order chi connectivity index (χ0) is 17.5. The predicted molar refractivity (Wildman–Crippen MR) is 105 cm³/mol. The van der Waals surface area contributed by atoms with E-state index in [1.807, 2.05) is 24.3 Å². The van der Waals surface area contributed by atoms with Crippen molar-refractivity contribution in [2.75, 3.05) is 13.2 Å².